The van der Waals surface area contributed by atoms with E-state index >= 15 is 0 Å². The van der Waals surface area contributed by atoms with Crippen molar-refractivity contribution in [3.8, 4) is 5.75 Å². The fourth-order valence-electron chi connectivity index (χ4n) is 4.81. The van der Waals surface area contributed by atoms with Crippen LogP contribution in [0.5, 0.6) is 5.75 Å². The maximum Gasteiger partial charge on any atom is 0.315 e. The smallest absolute Gasteiger partial charge is 0.315 e. The summed E-state index contributed by atoms with van der Waals surface area (Å²) in [6.07, 6.45) is 1.76. The maximum atomic E-state index is 13.9. The van der Waals surface area contributed by atoms with Gasteiger partial charge < -0.3 is 25.4 Å². The SMILES string of the molecule is CCCC[C@H](NC(=O)NC(CC(=O)O)c1ccc(OCc2ccccc2)cc1)C(=O)N(Cc1ccccc1)Cc1cccs1. The molecule has 0 saturated heterocycles. The van der Waals surface area contributed by atoms with Crippen molar-refractivity contribution in [1.29, 1.82) is 0 Å². The van der Waals surface area contributed by atoms with Crippen LogP contribution < -0.4 is 15.4 Å². The monoisotopic (exact) mass is 613 g/mol. The number of hydrogen-bond donors (Lipinski definition) is 3. The van der Waals surface area contributed by atoms with Crippen LogP contribution >= 0.6 is 11.3 Å². The number of ether oxygens (including phenoxy) is 1. The van der Waals surface area contributed by atoms with Crippen molar-refractivity contribution in [3.63, 3.8) is 0 Å². The van der Waals surface area contributed by atoms with Gasteiger partial charge in [-0.1, -0.05) is 98.6 Å². The lowest BCUT2D eigenvalue weighted by molar-refractivity contribution is -0.137. The minimum atomic E-state index is -1.05. The lowest BCUT2D eigenvalue weighted by Gasteiger charge is -2.28. The van der Waals surface area contributed by atoms with Crippen LogP contribution in [0, 0.1) is 0 Å². The van der Waals surface area contributed by atoms with Crippen molar-refractivity contribution < 1.29 is 24.2 Å². The Labute approximate surface area is 262 Å². The van der Waals surface area contributed by atoms with Gasteiger partial charge in [0.1, 0.15) is 18.4 Å². The molecular formula is C35H39N3O5S. The Morgan fingerprint density at radius 1 is 0.841 bits per heavy atom. The molecule has 3 amide bonds. The molecule has 1 heterocycles. The van der Waals surface area contributed by atoms with Gasteiger partial charge in [0.05, 0.1) is 19.0 Å². The number of aliphatic carboxylic acids is 1. The number of nitrogens with one attached hydrogen (secondary N) is 2. The number of unbranched alkanes of at least 4 members (excludes halogenated alkanes) is 1. The molecule has 0 aliphatic heterocycles. The molecule has 3 N–H and O–H groups in total. The van der Waals surface area contributed by atoms with Gasteiger partial charge in [0.2, 0.25) is 5.91 Å². The van der Waals surface area contributed by atoms with E-state index in [2.05, 4.69) is 10.6 Å². The summed E-state index contributed by atoms with van der Waals surface area (Å²) < 4.78 is 5.85. The largest absolute Gasteiger partial charge is 0.489 e. The van der Waals surface area contributed by atoms with E-state index in [1.165, 1.54) is 0 Å². The van der Waals surface area contributed by atoms with Crippen LogP contribution in [0.15, 0.2) is 102 Å². The van der Waals surface area contributed by atoms with E-state index in [0.717, 1.165) is 28.8 Å². The van der Waals surface area contributed by atoms with E-state index < -0.39 is 24.1 Å². The van der Waals surface area contributed by atoms with Gasteiger partial charge in [-0.25, -0.2) is 4.79 Å². The molecule has 8 nitrogen and oxygen atoms in total. The number of carboxylic acid groups (broad SMARTS) is 1. The minimum Gasteiger partial charge on any atom is -0.489 e. The Hall–Kier alpha value is -4.63. The first-order valence-electron chi connectivity index (χ1n) is 14.8. The second kappa shape index (κ2) is 16.9. The molecule has 1 unspecified atom stereocenters. The van der Waals surface area contributed by atoms with E-state index in [9.17, 15) is 19.5 Å². The highest BCUT2D eigenvalue weighted by molar-refractivity contribution is 7.09. The molecule has 0 fully saturated rings. The van der Waals surface area contributed by atoms with Crippen molar-refractivity contribution in [3.05, 3.63) is 124 Å². The summed E-state index contributed by atoms with van der Waals surface area (Å²) >= 11 is 1.58. The molecule has 4 rings (SSSR count). The summed E-state index contributed by atoms with van der Waals surface area (Å²) in [7, 11) is 0. The number of hydrogen-bond acceptors (Lipinski definition) is 5. The van der Waals surface area contributed by atoms with Crippen LogP contribution in [-0.4, -0.2) is 34.0 Å². The van der Waals surface area contributed by atoms with Crippen molar-refractivity contribution in [1.82, 2.24) is 15.5 Å². The Kier molecular flexibility index (Phi) is 12.4. The average molecular weight is 614 g/mol. The standard InChI is InChI=1S/C35H39N3O5S/c1-2-3-16-31(34(41)38(24-30-15-10-21-44-30)23-26-11-6-4-7-12-26)36-35(42)37-32(22-33(39)40)28-17-19-29(20-18-28)43-25-27-13-8-5-9-14-27/h4-15,17-21,31-32H,2-3,16,22-25H2,1H3,(H,39,40)(H2,36,37,42)/t31-,32?/m0/s1. The predicted octanol–water partition coefficient (Wildman–Crippen LogP) is 6.93. The van der Waals surface area contributed by atoms with Crippen LogP contribution in [0.25, 0.3) is 0 Å². The van der Waals surface area contributed by atoms with Crippen LogP contribution in [0.4, 0.5) is 4.79 Å². The number of thiophene rings is 1. The van der Waals surface area contributed by atoms with Crippen LogP contribution in [0.3, 0.4) is 0 Å². The number of benzene rings is 3. The second-order valence-electron chi connectivity index (χ2n) is 10.6. The highest BCUT2D eigenvalue weighted by Gasteiger charge is 2.28. The number of rotatable bonds is 16. The van der Waals surface area contributed by atoms with Crippen LogP contribution in [0.1, 0.15) is 60.2 Å². The Balaban J connectivity index is 1.45. The molecule has 1 aromatic heterocycles. The third-order valence-corrected chi connectivity index (χ3v) is 7.98. The first-order valence-corrected chi connectivity index (χ1v) is 15.7. The third-order valence-electron chi connectivity index (χ3n) is 7.12. The number of nitrogens with zero attached hydrogens (tertiary/aromatic N) is 1. The second-order valence-corrected chi connectivity index (χ2v) is 11.6. The molecule has 9 heteroatoms. The summed E-state index contributed by atoms with van der Waals surface area (Å²) in [4.78, 5) is 41.8. The van der Waals surface area contributed by atoms with E-state index in [0.29, 0.717) is 37.4 Å². The van der Waals surface area contributed by atoms with E-state index in [4.69, 9.17) is 4.74 Å². The zero-order valence-electron chi connectivity index (χ0n) is 24.9. The highest BCUT2D eigenvalue weighted by Crippen LogP contribution is 2.22. The number of amides is 3. The van der Waals surface area contributed by atoms with Crippen molar-refractivity contribution >= 4 is 29.2 Å². The first-order chi connectivity index (χ1) is 21.4. The summed E-state index contributed by atoms with van der Waals surface area (Å²) in [5, 5.41) is 17.2. The molecule has 0 radical (unpaired) electrons. The van der Waals surface area contributed by atoms with Gasteiger partial charge in [-0.15, -0.1) is 11.3 Å². The number of carboxylic acids is 1. The molecule has 3 aromatic carbocycles. The zero-order chi connectivity index (χ0) is 31.1. The fraction of sp³-hybridized carbons (Fsp3) is 0.286. The minimum absolute atomic E-state index is 0.180. The Bertz CT molecular complexity index is 1450. The number of carbonyl (C=O) groups excluding carboxylic acids is 2. The maximum absolute atomic E-state index is 13.9. The van der Waals surface area contributed by atoms with Crippen molar-refractivity contribution in [2.45, 2.75) is 64.4 Å². The molecule has 230 valence electrons. The van der Waals surface area contributed by atoms with Gasteiger partial charge in [-0.2, -0.15) is 0 Å². The molecule has 0 saturated carbocycles. The molecule has 0 spiro atoms. The van der Waals surface area contributed by atoms with Gasteiger partial charge >= 0.3 is 12.0 Å². The number of urea groups is 1. The summed E-state index contributed by atoms with van der Waals surface area (Å²) in [5.74, 6) is -0.602. The summed E-state index contributed by atoms with van der Waals surface area (Å²) in [5.41, 5.74) is 2.65. The molecule has 0 bridgehead atoms. The topological polar surface area (TPSA) is 108 Å². The molecule has 44 heavy (non-hydrogen) atoms. The molecule has 0 aliphatic rings. The lowest BCUT2D eigenvalue weighted by atomic mass is 10.0. The molecule has 4 aromatic rings. The highest BCUT2D eigenvalue weighted by atomic mass is 32.1. The van der Waals surface area contributed by atoms with Gasteiger partial charge in [0.15, 0.2) is 0 Å². The van der Waals surface area contributed by atoms with Crippen molar-refractivity contribution in [2.24, 2.45) is 0 Å². The van der Waals surface area contributed by atoms with Gasteiger partial charge in [0.25, 0.3) is 0 Å². The molecular weight excluding hydrogens is 574 g/mol. The van der Waals surface area contributed by atoms with Gasteiger partial charge in [-0.3, -0.25) is 9.59 Å². The normalized spacial score (nSPS) is 12.1. The van der Waals surface area contributed by atoms with Crippen molar-refractivity contribution in [2.75, 3.05) is 0 Å². The molecule has 2 atom stereocenters. The quantitative estimate of drug-likeness (QED) is 0.127. The van der Waals surface area contributed by atoms with E-state index in [1.807, 2.05) is 85.1 Å². The summed E-state index contributed by atoms with van der Waals surface area (Å²) in [6.45, 7) is 3.27. The fourth-order valence-corrected chi connectivity index (χ4v) is 5.53. The summed E-state index contributed by atoms with van der Waals surface area (Å²) in [6, 6.07) is 28.3. The number of carbonyl (C=O) groups is 3. The van der Waals surface area contributed by atoms with Gasteiger partial charge in [-0.05, 0) is 46.7 Å². The predicted molar refractivity (Wildman–Crippen MR) is 172 cm³/mol. The van der Waals surface area contributed by atoms with E-state index in [1.54, 1.807) is 40.5 Å². The molecule has 0 aliphatic carbocycles. The first kappa shape index (κ1) is 32.3. The Morgan fingerprint density at radius 2 is 1.52 bits per heavy atom. The zero-order valence-corrected chi connectivity index (χ0v) is 25.7. The third kappa shape index (κ3) is 10.3. The lowest BCUT2D eigenvalue weighted by Crippen LogP contribution is -2.51. The van der Waals surface area contributed by atoms with E-state index in [-0.39, 0.29) is 12.3 Å². The van der Waals surface area contributed by atoms with Crippen LogP contribution in [-0.2, 0) is 29.3 Å². The van der Waals surface area contributed by atoms with Crippen LogP contribution in [0.2, 0.25) is 0 Å². The van der Waals surface area contributed by atoms with Gasteiger partial charge in [0, 0.05) is 11.4 Å². The Morgan fingerprint density at radius 3 is 2.14 bits per heavy atom. The average Bonchev–Trinajstić information content (AvgIpc) is 3.55.